The summed E-state index contributed by atoms with van der Waals surface area (Å²) in [5.41, 5.74) is 0. The second kappa shape index (κ2) is 7.43. The van der Waals surface area contributed by atoms with Crippen molar-refractivity contribution in [3.63, 3.8) is 0 Å². The van der Waals surface area contributed by atoms with Crippen molar-refractivity contribution in [2.45, 2.75) is 25.0 Å². The zero-order valence-corrected chi connectivity index (χ0v) is 8.39. The number of hydrogen-bond donors (Lipinski definition) is 1. The second-order valence-electron chi connectivity index (χ2n) is 2.54. The van der Waals surface area contributed by atoms with E-state index in [1.54, 1.807) is 11.8 Å². The van der Waals surface area contributed by atoms with E-state index in [0.29, 0.717) is 6.42 Å². The van der Waals surface area contributed by atoms with Gasteiger partial charge in [-0.05, 0) is 12.2 Å². The van der Waals surface area contributed by atoms with Crippen molar-refractivity contribution < 1.29 is 14.6 Å². The molecular formula is C8H16O3S. The van der Waals surface area contributed by atoms with Crippen molar-refractivity contribution >= 4 is 17.7 Å². The SMILES string of the molecule is COC(=O)CCCSC(C)CO. The molecule has 1 atom stereocenters. The molecule has 0 saturated heterocycles. The third-order valence-electron chi connectivity index (χ3n) is 1.41. The van der Waals surface area contributed by atoms with Crippen LogP contribution in [0.15, 0.2) is 0 Å². The molecule has 1 unspecified atom stereocenters. The molecule has 0 fully saturated rings. The number of carbonyl (C=O) groups excluding carboxylic acids is 1. The molecule has 0 bridgehead atoms. The summed E-state index contributed by atoms with van der Waals surface area (Å²) in [6, 6.07) is 0. The number of aliphatic hydroxyl groups excluding tert-OH is 1. The normalized spacial score (nSPS) is 12.6. The highest BCUT2D eigenvalue weighted by molar-refractivity contribution is 7.99. The number of esters is 1. The monoisotopic (exact) mass is 192 g/mol. The van der Waals surface area contributed by atoms with Crippen LogP contribution in [0.2, 0.25) is 0 Å². The maximum atomic E-state index is 10.6. The van der Waals surface area contributed by atoms with E-state index in [4.69, 9.17) is 5.11 Å². The molecule has 0 aliphatic carbocycles. The van der Waals surface area contributed by atoms with Gasteiger partial charge in [-0.1, -0.05) is 6.92 Å². The molecule has 4 heteroatoms. The average Bonchev–Trinajstić information content (AvgIpc) is 2.11. The van der Waals surface area contributed by atoms with E-state index in [2.05, 4.69) is 4.74 Å². The molecular weight excluding hydrogens is 176 g/mol. The molecule has 0 aliphatic rings. The van der Waals surface area contributed by atoms with E-state index in [-0.39, 0.29) is 17.8 Å². The Morgan fingerprint density at radius 3 is 2.83 bits per heavy atom. The quantitative estimate of drug-likeness (QED) is 0.505. The van der Waals surface area contributed by atoms with Crippen molar-refractivity contribution in [3.8, 4) is 0 Å². The van der Waals surface area contributed by atoms with E-state index in [1.165, 1.54) is 7.11 Å². The van der Waals surface area contributed by atoms with E-state index < -0.39 is 0 Å². The predicted octanol–water partition coefficient (Wildman–Crippen LogP) is 1.05. The van der Waals surface area contributed by atoms with Crippen LogP contribution in [-0.4, -0.2) is 35.8 Å². The molecule has 0 saturated carbocycles. The van der Waals surface area contributed by atoms with Gasteiger partial charge < -0.3 is 9.84 Å². The summed E-state index contributed by atoms with van der Waals surface area (Å²) in [7, 11) is 1.39. The molecule has 0 aliphatic heterocycles. The minimum absolute atomic E-state index is 0.160. The Bertz CT molecular complexity index is 127. The van der Waals surface area contributed by atoms with Gasteiger partial charge in [0.2, 0.25) is 0 Å². The van der Waals surface area contributed by atoms with Crippen LogP contribution in [0.5, 0.6) is 0 Å². The second-order valence-corrected chi connectivity index (χ2v) is 4.09. The van der Waals surface area contributed by atoms with Gasteiger partial charge in [-0.2, -0.15) is 11.8 Å². The van der Waals surface area contributed by atoms with Crippen LogP contribution in [0.3, 0.4) is 0 Å². The number of methoxy groups -OCH3 is 1. The zero-order chi connectivity index (χ0) is 9.40. The van der Waals surface area contributed by atoms with Gasteiger partial charge in [0.05, 0.1) is 13.7 Å². The average molecular weight is 192 g/mol. The van der Waals surface area contributed by atoms with Crippen molar-refractivity contribution in [2.24, 2.45) is 0 Å². The number of carbonyl (C=O) groups is 1. The van der Waals surface area contributed by atoms with Gasteiger partial charge in [0.25, 0.3) is 0 Å². The third-order valence-corrected chi connectivity index (χ3v) is 2.65. The van der Waals surface area contributed by atoms with Crippen LogP contribution in [0.1, 0.15) is 19.8 Å². The summed E-state index contributed by atoms with van der Waals surface area (Å²) in [6.07, 6.45) is 1.29. The summed E-state index contributed by atoms with van der Waals surface area (Å²) in [6.45, 7) is 2.16. The van der Waals surface area contributed by atoms with Gasteiger partial charge in [-0.25, -0.2) is 0 Å². The summed E-state index contributed by atoms with van der Waals surface area (Å²) < 4.78 is 4.49. The lowest BCUT2D eigenvalue weighted by atomic mass is 10.3. The van der Waals surface area contributed by atoms with Crippen LogP contribution in [0, 0.1) is 0 Å². The summed E-state index contributed by atoms with van der Waals surface area (Å²) >= 11 is 1.67. The molecule has 0 radical (unpaired) electrons. The Labute approximate surface area is 77.5 Å². The summed E-state index contributed by atoms with van der Waals surface area (Å²) in [5.74, 6) is 0.740. The highest BCUT2D eigenvalue weighted by Crippen LogP contribution is 2.11. The Kier molecular flexibility index (Phi) is 7.29. The Hall–Kier alpha value is -0.220. The van der Waals surface area contributed by atoms with E-state index in [1.807, 2.05) is 6.92 Å². The molecule has 72 valence electrons. The summed E-state index contributed by atoms with van der Waals surface area (Å²) in [4.78, 5) is 10.6. The zero-order valence-electron chi connectivity index (χ0n) is 7.58. The van der Waals surface area contributed by atoms with E-state index in [0.717, 1.165) is 12.2 Å². The van der Waals surface area contributed by atoms with Crippen LogP contribution in [-0.2, 0) is 9.53 Å². The smallest absolute Gasteiger partial charge is 0.305 e. The highest BCUT2D eigenvalue weighted by Gasteiger charge is 2.02. The van der Waals surface area contributed by atoms with E-state index >= 15 is 0 Å². The number of hydrogen-bond acceptors (Lipinski definition) is 4. The Morgan fingerprint density at radius 2 is 2.33 bits per heavy atom. The number of aliphatic hydroxyl groups is 1. The van der Waals surface area contributed by atoms with Crippen molar-refractivity contribution in [1.29, 1.82) is 0 Å². The molecule has 0 spiro atoms. The topological polar surface area (TPSA) is 46.5 Å². The molecule has 0 amide bonds. The van der Waals surface area contributed by atoms with Crippen molar-refractivity contribution in [2.75, 3.05) is 19.5 Å². The minimum Gasteiger partial charge on any atom is -0.469 e. The number of thioether (sulfide) groups is 1. The largest absolute Gasteiger partial charge is 0.469 e. The number of ether oxygens (including phenoxy) is 1. The van der Waals surface area contributed by atoms with Crippen LogP contribution >= 0.6 is 11.8 Å². The lowest BCUT2D eigenvalue weighted by Gasteiger charge is -2.05. The van der Waals surface area contributed by atoms with Gasteiger partial charge in [-0.3, -0.25) is 4.79 Å². The predicted molar refractivity (Wildman–Crippen MR) is 50.3 cm³/mol. The van der Waals surface area contributed by atoms with Crippen LogP contribution < -0.4 is 0 Å². The van der Waals surface area contributed by atoms with Gasteiger partial charge in [0, 0.05) is 11.7 Å². The molecule has 0 aromatic heterocycles. The molecule has 1 N–H and O–H groups in total. The first kappa shape index (κ1) is 11.8. The first-order chi connectivity index (χ1) is 5.70. The maximum Gasteiger partial charge on any atom is 0.305 e. The lowest BCUT2D eigenvalue weighted by Crippen LogP contribution is -2.05. The van der Waals surface area contributed by atoms with Crippen LogP contribution in [0.25, 0.3) is 0 Å². The van der Waals surface area contributed by atoms with Gasteiger partial charge in [-0.15, -0.1) is 0 Å². The molecule has 3 nitrogen and oxygen atoms in total. The highest BCUT2D eigenvalue weighted by atomic mass is 32.2. The maximum absolute atomic E-state index is 10.6. The molecule has 0 rings (SSSR count). The van der Waals surface area contributed by atoms with Gasteiger partial charge >= 0.3 is 5.97 Å². The first-order valence-electron chi connectivity index (χ1n) is 4.00. The van der Waals surface area contributed by atoms with Crippen molar-refractivity contribution in [3.05, 3.63) is 0 Å². The minimum atomic E-state index is -0.160. The Morgan fingerprint density at radius 1 is 1.67 bits per heavy atom. The summed E-state index contributed by atoms with van der Waals surface area (Å²) in [5, 5.41) is 8.94. The van der Waals surface area contributed by atoms with Gasteiger partial charge in [0.15, 0.2) is 0 Å². The van der Waals surface area contributed by atoms with Crippen molar-refractivity contribution in [1.82, 2.24) is 0 Å². The first-order valence-corrected chi connectivity index (χ1v) is 5.05. The van der Waals surface area contributed by atoms with E-state index in [9.17, 15) is 4.79 Å². The molecule has 12 heavy (non-hydrogen) atoms. The van der Waals surface area contributed by atoms with Gasteiger partial charge in [0.1, 0.15) is 0 Å². The molecule has 0 aromatic carbocycles. The lowest BCUT2D eigenvalue weighted by molar-refractivity contribution is -0.140. The fourth-order valence-electron chi connectivity index (χ4n) is 0.656. The molecule has 0 aromatic rings. The Balaban J connectivity index is 3.15. The third kappa shape index (κ3) is 6.49. The fourth-order valence-corrected chi connectivity index (χ4v) is 1.47. The standard InChI is InChI=1S/C8H16O3S/c1-7(6-9)12-5-3-4-8(10)11-2/h7,9H,3-6H2,1-2H3. The molecule has 0 heterocycles. The fraction of sp³-hybridized carbons (Fsp3) is 0.875. The van der Waals surface area contributed by atoms with Crippen LogP contribution in [0.4, 0.5) is 0 Å². The number of rotatable bonds is 6.